The van der Waals surface area contributed by atoms with Crippen LogP contribution in [0.25, 0.3) is 0 Å². The first kappa shape index (κ1) is 7.69. The molecule has 0 saturated carbocycles. The van der Waals surface area contributed by atoms with Gasteiger partial charge < -0.3 is 0 Å². The van der Waals surface area contributed by atoms with Gasteiger partial charge in [0.2, 0.25) is 0 Å². The molecule has 0 aliphatic carbocycles. The molecule has 0 radical (unpaired) electrons. The second-order valence-electron chi connectivity index (χ2n) is 10.9. The van der Waals surface area contributed by atoms with E-state index in [-0.39, 0.29) is 33.4 Å². The van der Waals surface area contributed by atoms with Crippen molar-refractivity contribution < 1.29 is 26.3 Å². The fraction of sp³-hybridized carbons (Fsp3) is 0.857. The van der Waals surface area contributed by atoms with Crippen LogP contribution in [0.3, 0.4) is 0 Å². The van der Waals surface area contributed by atoms with Crippen molar-refractivity contribution in [2.45, 2.75) is 47.2 Å². The van der Waals surface area contributed by atoms with Crippen LogP contribution < -0.4 is 0 Å². The van der Waals surface area contributed by atoms with E-state index < -0.39 is 6.51 Å². The molecule has 10 saturated heterocycles. The van der Waals surface area contributed by atoms with Crippen LogP contribution in [-0.4, -0.2) is 35.0 Å². The van der Waals surface area contributed by atoms with Crippen molar-refractivity contribution in [3.8, 4) is 0 Å². The van der Waals surface area contributed by atoms with E-state index in [0.717, 1.165) is 19.3 Å². The first-order chi connectivity index (χ1) is 8.89. The van der Waals surface area contributed by atoms with Gasteiger partial charge in [0.1, 0.15) is 0 Å². The first-order valence-corrected chi connectivity index (χ1v) is 13.6. The summed E-state index contributed by atoms with van der Waals surface area (Å²) in [6.07, 6.45) is 0. The maximum atomic E-state index is 12.6. The summed E-state index contributed by atoms with van der Waals surface area (Å²) in [7, 11) is 0. The molecule has 10 aliphatic rings. The third-order valence-electron chi connectivity index (χ3n) is 16.0. The number of rotatable bonds is 4. The molecular formula is C14H14FeO4. The van der Waals surface area contributed by atoms with Crippen LogP contribution in [0.15, 0.2) is 0 Å². The molecule has 10 fully saturated rings. The van der Waals surface area contributed by atoms with E-state index in [4.69, 9.17) is 0 Å². The molecule has 10 heterocycles. The molecule has 10 rings (SSSR count). The third-order valence-corrected chi connectivity index (χ3v) is 58.7. The molecule has 8 atom stereocenters. The number of carbonyl (C=O) groups is 2. The van der Waals surface area contributed by atoms with Gasteiger partial charge in [-0.2, -0.15) is 0 Å². The Balaban J connectivity index is 1.60. The third kappa shape index (κ3) is 0.0757. The molecule has 0 bridgehead atoms. The van der Waals surface area contributed by atoms with Crippen LogP contribution in [0.1, 0.15) is 0 Å². The summed E-state index contributed by atoms with van der Waals surface area (Å²) in [5.74, 6) is 0.285. The predicted molar refractivity (Wildman–Crippen MR) is 59.6 cm³/mol. The van der Waals surface area contributed by atoms with Crippen molar-refractivity contribution in [2.24, 2.45) is 0 Å². The molecule has 0 amide bonds. The standard InChI is InChI=1S/2C7H7O2.Fe/c2*8-5-7(9)6-3-1-2-4-6;/h2*1-4,8H,5H2;. The minimum atomic E-state index is -3.99. The summed E-state index contributed by atoms with van der Waals surface area (Å²) >= 11 is 0. The molecule has 0 aromatic carbocycles. The van der Waals surface area contributed by atoms with Crippen LogP contribution in [0, 0.1) is 0 Å². The first-order valence-electron chi connectivity index (χ1n) is 7.39. The quantitative estimate of drug-likeness (QED) is 0.766. The second kappa shape index (κ2) is 0.635. The van der Waals surface area contributed by atoms with Gasteiger partial charge in [-0.05, 0) is 0 Å². The Morgan fingerprint density at radius 2 is 1.11 bits per heavy atom. The zero-order chi connectivity index (χ0) is 12.5. The Morgan fingerprint density at radius 3 is 1.32 bits per heavy atom. The van der Waals surface area contributed by atoms with Gasteiger partial charge in [-0.25, -0.2) is 0 Å². The Kier molecular flexibility index (Phi) is 0.257. The molecule has 10 aliphatic heterocycles. The summed E-state index contributed by atoms with van der Waals surface area (Å²) in [4.78, 5) is 31.2. The van der Waals surface area contributed by atoms with Gasteiger partial charge in [-0.3, -0.25) is 0 Å². The van der Waals surface area contributed by atoms with E-state index in [2.05, 4.69) is 0 Å². The molecule has 19 heavy (non-hydrogen) atoms. The Morgan fingerprint density at radius 1 is 0.789 bits per heavy atom. The van der Waals surface area contributed by atoms with Gasteiger partial charge in [-0.1, -0.05) is 0 Å². The van der Waals surface area contributed by atoms with E-state index in [9.17, 15) is 19.8 Å². The zero-order valence-corrected chi connectivity index (χ0v) is 11.2. The summed E-state index contributed by atoms with van der Waals surface area (Å²) < 4.78 is -0.151. The van der Waals surface area contributed by atoms with Crippen LogP contribution in [-0.2, 0) is 16.1 Å². The van der Waals surface area contributed by atoms with Crippen molar-refractivity contribution in [3.05, 3.63) is 0 Å². The zero-order valence-electron chi connectivity index (χ0n) is 10.1. The molecule has 2 N–H and O–H groups in total. The molecular weight excluding hydrogens is 288 g/mol. The minimum absolute atomic E-state index is 0.0754. The Labute approximate surface area is 98.4 Å². The average Bonchev–Trinajstić information content (AvgIpc) is 3.37. The number of Topliss-reactive ketones (excluding diaryl/α,β-unsaturated/α-hetero) is 2. The van der Waals surface area contributed by atoms with E-state index >= 15 is 0 Å². The molecule has 0 aromatic rings. The van der Waals surface area contributed by atoms with Gasteiger partial charge in [0.25, 0.3) is 0 Å². The number of ketones is 2. The summed E-state index contributed by atoms with van der Waals surface area (Å²) in [6.45, 7) is -4.57. The number of carbonyl (C=O) groups excluding carboxylic acids is 2. The number of hydrogen-bond donors (Lipinski definition) is 2. The molecule has 1 spiro atoms. The number of hydrogen-bond acceptors (Lipinski definition) is 4. The number of aliphatic hydroxyl groups excluding tert-OH is 2. The molecule has 102 valence electrons. The van der Waals surface area contributed by atoms with Gasteiger partial charge in [0.05, 0.1) is 0 Å². The molecule has 4 nitrogen and oxygen atoms in total. The van der Waals surface area contributed by atoms with Crippen molar-refractivity contribution >= 4 is 11.6 Å². The van der Waals surface area contributed by atoms with E-state index in [1.54, 1.807) is 0 Å². The molecule has 0 aromatic heterocycles. The van der Waals surface area contributed by atoms with Crippen molar-refractivity contribution in [1.82, 2.24) is 0 Å². The van der Waals surface area contributed by atoms with Crippen LogP contribution in [0.4, 0.5) is 0 Å². The van der Waals surface area contributed by atoms with Gasteiger partial charge in [0.15, 0.2) is 0 Å². The van der Waals surface area contributed by atoms with E-state index in [1.807, 2.05) is 0 Å². The Bertz CT molecular complexity index is 1030. The normalized spacial score (nSPS) is 111. The van der Waals surface area contributed by atoms with Crippen molar-refractivity contribution in [3.63, 3.8) is 0 Å². The number of aliphatic hydroxyl groups is 2. The van der Waals surface area contributed by atoms with Crippen LogP contribution >= 0.6 is 0 Å². The molecule has 8 unspecified atom stereocenters. The van der Waals surface area contributed by atoms with Gasteiger partial charge >= 0.3 is 98.2 Å². The summed E-state index contributed by atoms with van der Waals surface area (Å²) in [5.41, 5.74) is 0. The van der Waals surface area contributed by atoms with E-state index in [0.29, 0.717) is 19.3 Å². The SMILES string of the molecule is O=C(CO)[C]12[CH]3[CH]4[CH]5[CH]1[Fe]45321678[CH]2[CH]1[CH]6[C]7(C(=O)CO)[CH]28. The monoisotopic (exact) mass is 302 g/mol. The Hall–Kier alpha value is -0.221. The van der Waals surface area contributed by atoms with Crippen LogP contribution in [0.2, 0.25) is 47.2 Å². The predicted octanol–water partition coefficient (Wildman–Crippen LogP) is 1.24. The average molecular weight is 302 g/mol. The molecule has 5 heteroatoms. The van der Waals surface area contributed by atoms with Crippen molar-refractivity contribution in [2.75, 3.05) is 13.2 Å². The fourth-order valence-electron chi connectivity index (χ4n) is 18.3. The summed E-state index contributed by atoms with van der Waals surface area (Å²) in [5, 5.41) is 19.0. The van der Waals surface area contributed by atoms with Crippen LogP contribution in [0.5, 0.6) is 0 Å². The topological polar surface area (TPSA) is 74.6 Å². The van der Waals surface area contributed by atoms with Gasteiger partial charge in [-0.15, -0.1) is 0 Å². The second-order valence-corrected chi connectivity index (χ2v) is 34.1. The van der Waals surface area contributed by atoms with E-state index in [1.165, 1.54) is 0 Å². The number of fused-ring (bicyclic) bond motifs is 10. The van der Waals surface area contributed by atoms with Gasteiger partial charge in [0, 0.05) is 0 Å². The fourth-order valence-corrected chi connectivity index (χ4v) is 94.3. The summed E-state index contributed by atoms with van der Waals surface area (Å²) in [6, 6.07) is 0. The van der Waals surface area contributed by atoms with Crippen molar-refractivity contribution in [1.29, 1.82) is 0 Å². The maximum absolute atomic E-state index is 12.6.